The summed E-state index contributed by atoms with van der Waals surface area (Å²) >= 11 is 0. The Kier molecular flexibility index (Phi) is 5.85. The Morgan fingerprint density at radius 2 is 1.86 bits per heavy atom. The first kappa shape index (κ1) is 20.7. The number of hydrogen-bond acceptors (Lipinski definition) is 6. The minimum atomic E-state index is -4.01. The Morgan fingerprint density at radius 3 is 2.52 bits per heavy atom. The highest BCUT2D eigenvalue weighted by atomic mass is 32.2. The molecule has 3 rings (SSSR count). The summed E-state index contributed by atoms with van der Waals surface area (Å²) in [7, 11) is -1.54. The highest BCUT2D eigenvalue weighted by Gasteiger charge is 2.35. The number of fused-ring (bicyclic) bond motifs is 1. The third-order valence-corrected chi connectivity index (χ3v) is 6.24. The van der Waals surface area contributed by atoms with Crippen LogP contribution in [0.3, 0.4) is 0 Å². The van der Waals surface area contributed by atoms with Gasteiger partial charge in [0.25, 0.3) is 0 Å². The van der Waals surface area contributed by atoms with E-state index >= 15 is 0 Å². The smallest absolute Gasteiger partial charge is 0.348 e. The Morgan fingerprint density at radius 1 is 1.21 bits per heavy atom. The lowest BCUT2D eigenvalue weighted by Crippen LogP contribution is -2.50. The number of ether oxygens (including phenoxy) is 2. The Hall–Kier alpha value is -2.98. The van der Waals surface area contributed by atoms with E-state index in [1.165, 1.54) is 19.1 Å². The molecule has 1 aliphatic rings. The summed E-state index contributed by atoms with van der Waals surface area (Å²) in [5.41, 5.74) is 0.422. The number of sulfonamides is 1. The molecular weight excluding hydrogens is 403 g/mol. The number of benzene rings is 2. The maximum atomic E-state index is 13.1. The minimum absolute atomic E-state index is 0.118. The van der Waals surface area contributed by atoms with E-state index in [0.29, 0.717) is 11.4 Å². The van der Waals surface area contributed by atoms with Gasteiger partial charge in [-0.2, -0.15) is 4.31 Å². The molecule has 1 heterocycles. The lowest BCUT2D eigenvalue weighted by atomic mass is 10.2. The van der Waals surface area contributed by atoms with Crippen molar-refractivity contribution >= 4 is 27.6 Å². The van der Waals surface area contributed by atoms with Gasteiger partial charge in [-0.05, 0) is 36.4 Å². The fourth-order valence-corrected chi connectivity index (χ4v) is 3.99. The molecule has 0 saturated heterocycles. The van der Waals surface area contributed by atoms with E-state index in [2.05, 4.69) is 0 Å². The van der Waals surface area contributed by atoms with Crippen LogP contribution in [0.1, 0.15) is 0 Å². The van der Waals surface area contributed by atoms with Gasteiger partial charge in [0, 0.05) is 7.05 Å². The van der Waals surface area contributed by atoms with E-state index in [1.54, 1.807) is 24.3 Å². The van der Waals surface area contributed by atoms with E-state index < -0.39 is 40.4 Å². The summed E-state index contributed by atoms with van der Waals surface area (Å²) in [5, 5.41) is 0. The molecule has 0 aromatic heterocycles. The van der Waals surface area contributed by atoms with Crippen LogP contribution in [-0.4, -0.2) is 58.0 Å². The van der Waals surface area contributed by atoms with Gasteiger partial charge in [-0.25, -0.2) is 17.6 Å². The number of likely N-dealkylation sites (N-methyl/N-ethyl adjacent to an activating group) is 1. The number of para-hydroxylation sites is 2. The molecule has 0 spiro atoms. The van der Waals surface area contributed by atoms with Crippen molar-refractivity contribution in [2.75, 3.05) is 32.1 Å². The second kappa shape index (κ2) is 8.18. The standard InChI is InChI=1S/C19H19FN2O6S/c1-21(29(25,26)14-9-7-13(20)8-10-14)12-18(23)22-11-17(19(24)27-2)28-16-6-4-3-5-15(16)22/h3-10,17H,11-12H2,1-2H3/t17-/m1/s1. The average Bonchev–Trinajstić information content (AvgIpc) is 2.72. The molecule has 0 bridgehead atoms. The van der Waals surface area contributed by atoms with Gasteiger partial charge < -0.3 is 14.4 Å². The van der Waals surface area contributed by atoms with Crippen LogP contribution in [-0.2, 0) is 24.3 Å². The number of rotatable bonds is 5. The first-order chi connectivity index (χ1) is 13.7. The van der Waals surface area contributed by atoms with Gasteiger partial charge in [0.1, 0.15) is 11.6 Å². The van der Waals surface area contributed by atoms with Crippen molar-refractivity contribution in [3.8, 4) is 5.75 Å². The van der Waals surface area contributed by atoms with Crippen LogP contribution in [0.4, 0.5) is 10.1 Å². The monoisotopic (exact) mass is 422 g/mol. The summed E-state index contributed by atoms with van der Waals surface area (Å²) in [4.78, 5) is 26.0. The van der Waals surface area contributed by atoms with Crippen LogP contribution in [0, 0.1) is 5.82 Å². The normalized spacial score (nSPS) is 16.1. The zero-order chi connectivity index (χ0) is 21.2. The van der Waals surface area contributed by atoms with E-state index in [0.717, 1.165) is 28.6 Å². The van der Waals surface area contributed by atoms with Crippen LogP contribution in [0.5, 0.6) is 5.75 Å². The summed E-state index contributed by atoms with van der Waals surface area (Å²) in [5.74, 6) is -1.46. The molecule has 1 aliphatic heterocycles. The predicted octanol–water partition coefficient (Wildman–Crippen LogP) is 1.41. The molecule has 0 aliphatic carbocycles. The molecule has 0 saturated carbocycles. The van der Waals surface area contributed by atoms with Crippen LogP contribution in [0.2, 0.25) is 0 Å². The van der Waals surface area contributed by atoms with Crippen LogP contribution in [0.15, 0.2) is 53.4 Å². The van der Waals surface area contributed by atoms with E-state index in [9.17, 15) is 22.4 Å². The molecule has 0 unspecified atom stereocenters. The molecule has 154 valence electrons. The third-order valence-electron chi connectivity index (χ3n) is 4.42. The summed E-state index contributed by atoms with van der Waals surface area (Å²) in [6.45, 7) is -0.602. The van der Waals surface area contributed by atoms with Crippen molar-refractivity contribution in [3.63, 3.8) is 0 Å². The fraction of sp³-hybridized carbons (Fsp3) is 0.263. The highest BCUT2D eigenvalue weighted by Crippen LogP contribution is 2.33. The van der Waals surface area contributed by atoms with E-state index in [1.807, 2.05) is 0 Å². The van der Waals surface area contributed by atoms with Gasteiger partial charge in [0.05, 0.1) is 30.8 Å². The van der Waals surface area contributed by atoms with Gasteiger partial charge in [0.15, 0.2) is 0 Å². The molecule has 0 fully saturated rings. The van der Waals surface area contributed by atoms with Gasteiger partial charge in [0.2, 0.25) is 22.0 Å². The molecule has 2 aromatic carbocycles. The van der Waals surface area contributed by atoms with Crippen LogP contribution < -0.4 is 9.64 Å². The molecule has 0 N–H and O–H groups in total. The highest BCUT2D eigenvalue weighted by molar-refractivity contribution is 7.89. The second-order valence-corrected chi connectivity index (χ2v) is 8.36. The fourth-order valence-electron chi connectivity index (χ4n) is 2.87. The average molecular weight is 422 g/mol. The maximum Gasteiger partial charge on any atom is 0.348 e. The number of anilines is 1. The quantitative estimate of drug-likeness (QED) is 0.677. The molecule has 1 amide bonds. The molecule has 10 heteroatoms. The Bertz CT molecular complexity index is 1030. The number of nitrogens with zero attached hydrogens (tertiary/aromatic N) is 2. The molecule has 0 radical (unpaired) electrons. The van der Waals surface area contributed by atoms with Gasteiger partial charge in [-0.15, -0.1) is 0 Å². The number of esters is 1. The van der Waals surface area contributed by atoms with Crippen molar-refractivity contribution in [1.29, 1.82) is 0 Å². The topological polar surface area (TPSA) is 93.2 Å². The SMILES string of the molecule is COC(=O)[C@H]1CN(C(=O)CN(C)S(=O)(=O)c2ccc(F)cc2)c2ccccc2O1. The number of amides is 1. The maximum absolute atomic E-state index is 13.1. The molecule has 8 nitrogen and oxygen atoms in total. The molecular formula is C19H19FN2O6S. The van der Waals surface area contributed by atoms with Crippen molar-refractivity contribution in [3.05, 3.63) is 54.3 Å². The van der Waals surface area contributed by atoms with Gasteiger partial charge in [-0.3, -0.25) is 4.79 Å². The Balaban J connectivity index is 1.83. The van der Waals surface area contributed by atoms with Crippen molar-refractivity contribution < 1.29 is 31.9 Å². The minimum Gasteiger partial charge on any atom is -0.475 e. The lowest BCUT2D eigenvalue weighted by Gasteiger charge is -2.34. The first-order valence-corrected chi connectivity index (χ1v) is 10.0. The van der Waals surface area contributed by atoms with Crippen molar-refractivity contribution in [2.45, 2.75) is 11.0 Å². The number of methoxy groups -OCH3 is 1. The lowest BCUT2D eigenvalue weighted by molar-refractivity contribution is -0.148. The Labute approximate surface area is 167 Å². The number of hydrogen-bond donors (Lipinski definition) is 0. The zero-order valence-corrected chi connectivity index (χ0v) is 16.6. The predicted molar refractivity (Wildman–Crippen MR) is 101 cm³/mol. The zero-order valence-electron chi connectivity index (χ0n) is 15.7. The summed E-state index contributed by atoms with van der Waals surface area (Å²) in [6, 6.07) is 10.9. The van der Waals surface area contributed by atoms with Crippen LogP contribution in [0.25, 0.3) is 0 Å². The van der Waals surface area contributed by atoms with Gasteiger partial charge in [-0.1, -0.05) is 12.1 Å². The number of carbonyl (C=O) groups excluding carboxylic acids is 2. The summed E-state index contributed by atoms with van der Waals surface area (Å²) in [6.07, 6.45) is -1.03. The number of halogens is 1. The third kappa shape index (κ3) is 4.22. The second-order valence-electron chi connectivity index (χ2n) is 6.32. The number of carbonyl (C=O) groups is 2. The van der Waals surface area contributed by atoms with E-state index in [-0.39, 0.29) is 11.4 Å². The van der Waals surface area contributed by atoms with Crippen molar-refractivity contribution in [1.82, 2.24) is 4.31 Å². The van der Waals surface area contributed by atoms with Crippen LogP contribution >= 0.6 is 0 Å². The van der Waals surface area contributed by atoms with Gasteiger partial charge >= 0.3 is 5.97 Å². The molecule has 29 heavy (non-hydrogen) atoms. The largest absolute Gasteiger partial charge is 0.475 e. The summed E-state index contributed by atoms with van der Waals surface area (Å²) < 4.78 is 49.5. The molecule has 2 aromatic rings. The van der Waals surface area contributed by atoms with Crippen molar-refractivity contribution in [2.24, 2.45) is 0 Å². The van der Waals surface area contributed by atoms with E-state index in [4.69, 9.17) is 9.47 Å². The molecule has 1 atom stereocenters. The first-order valence-electron chi connectivity index (χ1n) is 8.60.